The van der Waals surface area contributed by atoms with E-state index in [9.17, 15) is 18.5 Å². The Balaban J connectivity index is 2.49. The van der Waals surface area contributed by atoms with Gasteiger partial charge in [-0.05, 0) is 5.56 Å². The van der Waals surface area contributed by atoms with Gasteiger partial charge in [0.25, 0.3) is 0 Å². The highest BCUT2D eigenvalue weighted by Crippen LogP contribution is 2.27. The first kappa shape index (κ1) is 13.9. The highest BCUT2D eigenvalue weighted by molar-refractivity contribution is 7.90. The van der Waals surface area contributed by atoms with Crippen molar-refractivity contribution < 1.29 is 13.3 Å². The minimum absolute atomic E-state index is 0.0813. The first-order chi connectivity index (χ1) is 9.40. The number of sulfone groups is 1. The summed E-state index contributed by atoms with van der Waals surface area (Å²) in [4.78, 5) is 13.2. The molecule has 0 bridgehead atoms. The summed E-state index contributed by atoms with van der Waals surface area (Å²) in [6, 6.07) is 9.42. The molecule has 20 heavy (non-hydrogen) atoms. The average molecular weight is 293 g/mol. The van der Waals surface area contributed by atoms with Crippen molar-refractivity contribution in [3.63, 3.8) is 0 Å². The summed E-state index contributed by atoms with van der Waals surface area (Å²) >= 11 is 0. The van der Waals surface area contributed by atoms with Crippen molar-refractivity contribution in [3.05, 3.63) is 58.3 Å². The smallest absolute Gasteiger partial charge is 0.306 e. The van der Waals surface area contributed by atoms with E-state index in [4.69, 9.17) is 5.73 Å². The molecule has 7 nitrogen and oxygen atoms in total. The fourth-order valence-corrected chi connectivity index (χ4v) is 3.24. The maximum Gasteiger partial charge on any atom is 0.306 e. The number of hydrogen-bond donors (Lipinski definition) is 1. The van der Waals surface area contributed by atoms with Crippen LogP contribution in [-0.2, 0) is 15.6 Å². The van der Waals surface area contributed by atoms with E-state index in [1.165, 1.54) is 0 Å². The van der Waals surface area contributed by atoms with Crippen molar-refractivity contribution in [2.75, 3.05) is 5.73 Å². The van der Waals surface area contributed by atoms with E-state index in [0.29, 0.717) is 5.56 Å². The molecule has 0 spiro atoms. The highest BCUT2D eigenvalue weighted by atomic mass is 32.2. The van der Waals surface area contributed by atoms with Crippen molar-refractivity contribution in [2.45, 2.75) is 10.6 Å². The molecule has 0 aliphatic rings. The Morgan fingerprint density at radius 3 is 2.50 bits per heavy atom. The molecular formula is C12H11N3O4S. The van der Waals surface area contributed by atoms with Crippen LogP contribution < -0.4 is 5.73 Å². The highest BCUT2D eigenvalue weighted by Gasteiger charge is 2.26. The number of nitrogens with zero attached hydrogens (tertiary/aromatic N) is 2. The number of nitro groups is 1. The molecule has 0 fully saturated rings. The van der Waals surface area contributed by atoms with Gasteiger partial charge in [-0.2, -0.15) is 0 Å². The molecule has 2 aromatic rings. The van der Waals surface area contributed by atoms with Gasteiger partial charge in [-0.25, -0.2) is 13.4 Å². The van der Waals surface area contributed by atoms with Crippen molar-refractivity contribution in [2.24, 2.45) is 0 Å². The maximum absolute atomic E-state index is 12.3. The van der Waals surface area contributed by atoms with E-state index >= 15 is 0 Å². The number of benzene rings is 1. The van der Waals surface area contributed by atoms with Crippen LogP contribution in [0, 0.1) is 10.1 Å². The quantitative estimate of drug-likeness (QED) is 0.675. The molecule has 104 valence electrons. The molecule has 0 aliphatic carbocycles. The van der Waals surface area contributed by atoms with Crippen LogP contribution in [-0.4, -0.2) is 18.3 Å². The summed E-state index contributed by atoms with van der Waals surface area (Å²) in [6.07, 6.45) is 0.854. The first-order valence-electron chi connectivity index (χ1n) is 5.57. The van der Waals surface area contributed by atoms with E-state index in [1.807, 2.05) is 0 Å². The van der Waals surface area contributed by atoms with Gasteiger partial charge in [0.15, 0.2) is 9.84 Å². The van der Waals surface area contributed by atoms with E-state index in [2.05, 4.69) is 4.98 Å². The van der Waals surface area contributed by atoms with Crippen LogP contribution in [0.3, 0.4) is 0 Å². The zero-order valence-corrected chi connectivity index (χ0v) is 11.1. The normalized spacial score (nSPS) is 11.2. The van der Waals surface area contributed by atoms with Crippen LogP contribution in [0.4, 0.5) is 11.5 Å². The van der Waals surface area contributed by atoms with Gasteiger partial charge in [0.2, 0.25) is 0 Å². The summed E-state index contributed by atoms with van der Waals surface area (Å²) in [7, 11) is -3.87. The molecule has 1 aromatic heterocycles. The Bertz CT molecular complexity index is 745. The third-order valence-electron chi connectivity index (χ3n) is 2.60. The first-order valence-corrected chi connectivity index (χ1v) is 7.22. The number of hydrogen-bond acceptors (Lipinski definition) is 6. The van der Waals surface area contributed by atoms with E-state index in [0.717, 1.165) is 12.3 Å². The Morgan fingerprint density at radius 2 is 1.90 bits per heavy atom. The second kappa shape index (κ2) is 5.25. The lowest BCUT2D eigenvalue weighted by Gasteiger charge is -2.06. The number of pyridine rings is 1. The molecule has 0 atom stereocenters. The van der Waals surface area contributed by atoms with Gasteiger partial charge in [0, 0.05) is 6.07 Å². The lowest BCUT2D eigenvalue weighted by Crippen LogP contribution is -2.09. The van der Waals surface area contributed by atoms with Gasteiger partial charge in [-0.15, -0.1) is 0 Å². The summed E-state index contributed by atoms with van der Waals surface area (Å²) in [5, 5.41) is 10.9. The van der Waals surface area contributed by atoms with Gasteiger partial charge in [-0.3, -0.25) is 10.1 Å². The van der Waals surface area contributed by atoms with Crippen LogP contribution in [0.25, 0.3) is 0 Å². The molecule has 8 heteroatoms. The third kappa shape index (κ3) is 2.91. The second-order valence-corrected chi connectivity index (χ2v) is 6.04. The molecule has 2 N–H and O–H groups in total. The summed E-state index contributed by atoms with van der Waals surface area (Å²) in [5.74, 6) is -0.416. The van der Waals surface area contributed by atoms with E-state index in [1.54, 1.807) is 30.3 Å². The number of nitrogen functional groups attached to an aromatic ring is 1. The average Bonchev–Trinajstić information content (AvgIpc) is 2.39. The van der Waals surface area contributed by atoms with Crippen LogP contribution in [0.1, 0.15) is 5.56 Å². The molecule has 0 saturated carbocycles. The molecule has 0 amide bonds. The molecule has 0 aliphatic heterocycles. The van der Waals surface area contributed by atoms with Crippen molar-refractivity contribution in [1.82, 2.24) is 4.98 Å². The lowest BCUT2D eigenvalue weighted by atomic mass is 10.2. The Hall–Kier alpha value is -2.48. The monoisotopic (exact) mass is 293 g/mol. The zero-order valence-electron chi connectivity index (χ0n) is 10.3. The molecule has 1 heterocycles. The molecule has 0 saturated heterocycles. The van der Waals surface area contributed by atoms with E-state index < -0.39 is 25.3 Å². The van der Waals surface area contributed by atoms with Crippen LogP contribution in [0.5, 0.6) is 0 Å². The van der Waals surface area contributed by atoms with Crippen LogP contribution in [0.2, 0.25) is 0 Å². The largest absolute Gasteiger partial charge is 0.384 e. The van der Waals surface area contributed by atoms with Gasteiger partial charge in [0.1, 0.15) is 16.9 Å². The predicted molar refractivity (Wildman–Crippen MR) is 72.6 cm³/mol. The summed E-state index contributed by atoms with van der Waals surface area (Å²) in [5.41, 5.74) is 5.38. The zero-order chi connectivity index (χ0) is 14.8. The number of aromatic nitrogens is 1. The number of anilines is 1. The van der Waals surface area contributed by atoms with Gasteiger partial charge < -0.3 is 5.73 Å². The molecule has 1 aromatic carbocycles. The van der Waals surface area contributed by atoms with E-state index in [-0.39, 0.29) is 11.6 Å². The fourth-order valence-electron chi connectivity index (χ4n) is 1.70. The summed E-state index contributed by atoms with van der Waals surface area (Å²) < 4.78 is 24.6. The second-order valence-electron chi connectivity index (χ2n) is 4.08. The molecule has 2 rings (SSSR count). The van der Waals surface area contributed by atoms with Gasteiger partial charge >= 0.3 is 5.69 Å². The minimum Gasteiger partial charge on any atom is -0.384 e. The summed E-state index contributed by atoms with van der Waals surface area (Å²) in [6.45, 7) is 0. The van der Waals surface area contributed by atoms with Crippen LogP contribution >= 0.6 is 0 Å². The Morgan fingerprint density at radius 1 is 1.25 bits per heavy atom. The number of rotatable bonds is 4. The maximum atomic E-state index is 12.3. The van der Waals surface area contributed by atoms with Gasteiger partial charge in [-0.1, -0.05) is 30.3 Å². The molecule has 0 radical (unpaired) electrons. The predicted octanol–water partition coefficient (Wildman–Crippen LogP) is 1.55. The molecule has 0 unspecified atom stereocenters. The fraction of sp³-hybridized carbons (Fsp3) is 0.0833. The Kier molecular flexibility index (Phi) is 3.66. The Labute approximate surface area is 115 Å². The topological polar surface area (TPSA) is 116 Å². The van der Waals surface area contributed by atoms with Gasteiger partial charge in [0.05, 0.1) is 10.7 Å². The molecular weight excluding hydrogens is 282 g/mol. The van der Waals surface area contributed by atoms with Crippen molar-refractivity contribution in [1.29, 1.82) is 0 Å². The number of nitrogens with two attached hydrogens (primary N) is 1. The SMILES string of the molecule is Nc1cc(S(=O)(=O)Cc2ccccc2)c([N+](=O)[O-])cn1. The third-order valence-corrected chi connectivity index (χ3v) is 4.31. The minimum atomic E-state index is -3.87. The van der Waals surface area contributed by atoms with Crippen LogP contribution in [0.15, 0.2) is 47.5 Å². The van der Waals surface area contributed by atoms with Crippen molar-refractivity contribution >= 4 is 21.3 Å². The van der Waals surface area contributed by atoms with Crippen molar-refractivity contribution in [3.8, 4) is 0 Å². The lowest BCUT2D eigenvalue weighted by molar-refractivity contribution is -0.388. The standard InChI is InChI=1S/C12H11N3O4S/c13-12-6-11(10(7-14-12)15(16)17)20(18,19)8-9-4-2-1-3-5-9/h1-7H,8H2,(H2,13,14).